The summed E-state index contributed by atoms with van der Waals surface area (Å²) in [5, 5.41) is 8.99. The van der Waals surface area contributed by atoms with Crippen molar-refractivity contribution in [1.29, 1.82) is 0 Å². The number of rotatable bonds is 3. The van der Waals surface area contributed by atoms with Crippen molar-refractivity contribution in [3.63, 3.8) is 0 Å². The molecule has 0 aromatic carbocycles. The van der Waals surface area contributed by atoms with Crippen LogP contribution in [0.4, 0.5) is 0 Å². The molecule has 0 saturated heterocycles. The van der Waals surface area contributed by atoms with Crippen molar-refractivity contribution in [3.8, 4) is 0 Å². The molecule has 0 aliphatic heterocycles. The van der Waals surface area contributed by atoms with Crippen molar-refractivity contribution in [2.45, 2.75) is 39.5 Å². The van der Waals surface area contributed by atoms with Crippen LogP contribution in [0.15, 0.2) is 0 Å². The number of ether oxygens (including phenoxy) is 1. The minimum Gasteiger partial charge on any atom is -0.466 e. The van der Waals surface area contributed by atoms with Crippen LogP contribution < -0.4 is 0 Å². The van der Waals surface area contributed by atoms with Gasteiger partial charge in [-0.2, -0.15) is 0 Å². The molecule has 1 fully saturated rings. The fourth-order valence-corrected chi connectivity index (χ4v) is 2.01. The monoisotopic (exact) mass is 200 g/mol. The predicted molar refractivity (Wildman–Crippen MR) is 53.8 cm³/mol. The Hall–Kier alpha value is -0.570. The van der Waals surface area contributed by atoms with Gasteiger partial charge in [-0.05, 0) is 45.4 Å². The molecule has 0 radical (unpaired) electrons. The minimum absolute atomic E-state index is 0.0728. The maximum atomic E-state index is 11.6. The zero-order chi connectivity index (χ0) is 10.6. The maximum Gasteiger partial charge on any atom is 0.311 e. The van der Waals surface area contributed by atoms with Gasteiger partial charge in [-0.1, -0.05) is 0 Å². The number of esters is 1. The van der Waals surface area contributed by atoms with Crippen molar-refractivity contribution in [2.24, 2.45) is 11.3 Å². The summed E-state index contributed by atoms with van der Waals surface area (Å²) in [6, 6.07) is 0. The molecule has 1 N–H and O–H groups in total. The average molecular weight is 200 g/mol. The standard InChI is InChI=1S/C11H20O3/c1-3-14-10(13)11(2)6-4-9(8-12)5-7-11/h9,12H,3-8H2,1-2H3. The van der Waals surface area contributed by atoms with Crippen molar-refractivity contribution >= 4 is 5.97 Å². The number of hydrogen-bond donors (Lipinski definition) is 1. The molecule has 1 rings (SSSR count). The normalized spacial score (nSPS) is 32.6. The first-order chi connectivity index (χ1) is 6.62. The molecule has 82 valence electrons. The molecule has 1 saturated carbocycles. The van der Waals surface area contributed by atoms with E-state index in [0.29, 0.717) is 12.5 Å². The molecule has 0 amide bonds. The van der Waals surface area contributed by atoms with Crippen LogP contribution in [0.25, 0.3) is 0 Å². The Morgan fingerprint density at radius 3 is 2.50 bits per heavy atom. The third-order valence-electron chi connectivity index (χ3n) is 3.24. The Morgan fingerprint density at radius 1 is 1.50 bits per heavy atom. The highest BCUT2D eigenvalue weighted by Gasteiger charge is 2.38. The van der Waals surface area contributed by atoms with Gasteiger partial charge in [0.2, 0.25) is 0 Å². The number of hydrogen-bond acceptors (Lipinski definition) is 3. The zero-order valence-corrected chi connectivity index (χ0v) is 9.08. The second-order valence-corrected chi connectivity index (χ2v) is 4.41. The summed E-state index contributed by atoms with van der Waals surface area (Å²) in [6.07, 6.45) is 3.56. The molecular weight excluding hydrogens is 180 g/mol. The summed E-state index contributed by atoms with van der Waals surface area (Å²) in [7, 11) is 0. The highest BCUT2D eigenvalue weighted by atomic mass is 16.5. The smallest absolute Gasteiger partial charge is 0.311 e. The lowest BCUT2D eigenvalue weighted by Gasteiger charge is -2.34. The third-order valence-corrected chi connectivity index (χ3v) is 3.24. The van der Waals surface area contributed by atoms with E-state index in [4.69, 9.17) is 9.84 Å². The quantitative estimate of drug-likeness (QED) is 0.706. The van der Waals surface area contributed by atoms with Crippen LogP contribution in [0.1, 0.15) is 39.5 Å². The van der Waals surface area contributed by atoms with Crippen LogP contribution in [0.2, 0.25) is 0 Å². The van der Waals surface area contributed by atoms with Gasteiger partial charge in [0.15, 0.2) is 0 Å². The van der Waals surface area contributed by atoms with Crippen molar-refractivity contribution in [3.05, 3.63) is 0 Å². The Balaban J connectivity index is 2.48. The van der Waals surface area contributed by atoms with Gasteiger partial charge in [-0.3, -0.25) is 4.79 Å². The molecule has 0 aromatic heterocycles. The van der Waals surface area contributed by atoms with Gasteiger partial charge in [-0.25, -0.2) is 0 Å². The van der Waals surface area contributed by atoms with Crippen molar-refractivity contribution in [1.82, 2.24) is 0 Å². The van der Waals surface area contributed by atoms with Crippen LogP contribution >= 0.6 is 0 Å². The lowest BCUT2D eigenvalue weighted by molar-refractivity contribution is -0.157. The Labute approximate surface area is 85.5 Å². The topological polar surface area (TPSA) is 46.5 Å². The Kier molecular flexibility index (Phi) is 3.93. The molecule has 1 aliphatic carbocycles. The molecule has 0 atom stereocenters. The van der Waals surface area contributed by atoms with E-state index >= 15 is 0 Å². The zero-order valence-electron chi connectivity index (χ0n) is 9.08. The largest absolute Gasteiger partial charge is 0.466 e. The summed E-state index contributed by atoms with van der Waals surface area (Å²) < 4.78 is 5.05. The van der Waals surface area contributed by atoms with E-state index in [-0.39, 0.29) is 18.0 Å². The molecule has 14 heavy (non-hydrogen) atoms. The number of aliphatic hydroxyl groups is 1. The molecular formula is C11H20O3. The van der Waals surface area contributed by atoms with E-state index in [2.05, 4.69) is 0 Å². The highest BCUT2D eigenvalue weighted by Crippen LogP contribution is 2.39. The van der Waals surface area contributed by atoms with Crippen molar-refractivity contribution in [2.75, 3.05) is 13.2 Å². The predicted octanol–water partition coefficient (Wildman–Crippen LogP) is 1.74. The Bertz CT molecular complexity index is 193. The summed E-state index contributed by atoms with van der Waals surface area (Å²) >= 11 is 0. The highest BCUT2D eigenvalue weighted by molar-refractivity contribution is 5.76. The van der Waals surface area contributed by atoms with E-state index < -0.39 is 0 Å². The van der Waals surface area contributed by atoms with Crippen LogP contribution in [0.5, 0.6) is 0 Å². The van der Waals surface area contributed by atoms with E-state index in [1.165, 1.54) is 0 Å². The van der Waals surface area contributed by atoms with Crippen LogP contribution in [-0.4, -0.2) is 24.3 Å². The lowest BCUT2D eigenvalue weighted by Crippen LogP contribution is -2.34. The van der Waals surface area contributed by atoms with Gasteiger partial charge < -0.3 is 9.84 Å². The van der Waals surface area contributed by atoms with Gasteiger partial charge in [0, 0.05) is 6.61 Å². The molecule has 0 aromatic rings. The molecule has 3 nitrogen and oxygen atoms in total. The SMILES string of the molecule is CCOC(=O)C1(C)CCC(CO)CC1. The summed E-state index contributed by atoms with van der Waals surface area (Å²) in [5.74, 6) is 0.314. The molecule has 1 aliphatic rings. The van der Waals surface area contributed by atoms with Crippen molar-refractivity contribution < 1.29 is 14.6 Å². The van der Waals surface area contributed by atoms with Crippen LogP contribution in [-0.2, 0) is 9.53 Å². The second kappa shape index (κ2) is 4.78. The number of carbonyl (C=O) groups is 1. The first-order valence-electron chi connectivity index (χ1n) is 5.40. The van der Waals surface area contributed by atoms with Gasteiger partial charge >= 0.3 is 5.97 Å². The second-order valence-electron chi connectivity index (χ2n) is 4.41. The average Bonchev–Trinajstić information content (AvgIpc) is 2.19. The summed E-state index contributed by atoms with van der Waals surface area (Å²) in [5.41, 5.74) is -0.304. The number of carbonyl (C=O) groups excluding carboxylic acids is 1. The summed E-state index contributed by atoms with van der Waals surface area (Å²) in [4.78, 5) is 11.6. The fraction of sp³-hybridized carbons (Fsp3) is 0.909. The maximum absolute atomic E-state index is 11.6. The third kappa shape index (κ3) is 2.47. The van der Waals surface area contributed by atoms with Gasteiger partial charge in [0.25, 0.3) is 0 Å². The molecule has 3 heteroatoms. The van der Waals surface area contributed by atoms with E-state index in [1.807, 2.05) is 13.8 Å². The first-order valence-corrected chi connectivity index (χ1v) is 5.40. The van der Waals surface area contributed by atoms with Crippen LogP contribution in [0, 0.1) is 11.3 Å². The van der Waals surface area contributed by atoms with E-state index in [0.717, 1.165) is 25.7 Å². The molecule has 0 spiro atoms. The van der Waals surface area contributed by atoms with Crippen LogP contribution in [0.3, 0.4) is 0 Å². The van der Waals surface area contributed by atoms with Gasteiger partial charge in [0.05, 0.1) is 12.0 Å². The lowest BCUT2D eigenvalue weighted by atomic mass is 9.72. The molecule has 0 unspecified atom stereocenters. The number of aliphatic hydroxyl groups excluding tert-OH is 1. The van der Waals surface area contributed by atoms with Gasteiger partial charge in [-0.15, -0.1) is 0 Å². The fourth-order valence-electron chi connectivity index (χ4n) is 2.01. The Morgan fingerprint density at radius 2 is 2.07 bits per heavy atom. The van der Waals surface area contributed by atoms with Gasteiger partial charge in [0.1, 0.15) is 0 Å². The molecule has 0 bridgehead atoms. The minimum atomic E-state index is -0.304. The van der Waals surface area contributed by atoms with E-state index in [9.17, 15) is 4.79 Å². The summed E-state index contributed by atoms with van der Waals surface area (Å²) in [6.45, 7) is 4.51. The van der Waals surface area contributed by atoms with E-state index in [1.54, 1.807) is 0 Å². The first kappa shape index (κ1) is 11.5. The molecule has 0 heterocycles.